The van der Waals surface area contributed by atoms with E-state index in [1.807, 2.05) is 29.4 Å². The molecule has 0 aliphatic carbocycles. The zero-order chi connectivity index (χ0) is 17.9. The maximum absolute atomic E-state index is 14.3. The Morgan fingerprint density at radius 3 is 2.85 bits per heavy atom. The molecular formula is C19H19ClFN5. The molecule has 0 unspecified atom stereocenters. The Balaban J connectivity index is 1.54. The molecule has 1 atom stereocenters. The van der Waals surface area contributed by atoms with Crippen molar-refractivity contribution in [2.24, 2.45) is 0 Å². The number of rotatable bonds is 4. The fraction of sp³-hybridized carbons (Fsp3) is 0.316. The summed E-state index contributed by atoms with van der Waals surface area (Å²) in [5.41, 5.74) is 1.18. The summed E-state index contributed by atoms with van der Waals surface area (Å²) in [6, 6.07) is 5.33. The van der Waals surface area contributed by atoms with Gasteiger partial charge in [-0.1, -0.05) is 11.6 Å². The topological polar surface area (TPSA) is 46.8 Å². The van der Waals surface area contributed by atoms with Crippen molar-refractivity contribution < 1.29 is 4.39 Å². The molecule has 3 aromatic rings. The van der Waals surface area contributed by atoms with E-state index >= 15 is 0 Å². The van der Waals surface area contributed by atoms with Crippen molar-refractivity contribution in [1.82, 2.24) is 19.5 Å². The van der Waals surface area contributed by atoms with Gasteiger partial charge >= 0.3 is 0 Å². The summed E-state index contributed by atoms with van der Waals surface area (Å²) in [6.07, 6.45) is 10.9. The van der Waals surface area contributed by atoms with E-state index in [1.165, 1.54) is 17.8 Å². The van der Waals surface area contributed by atoms with Crippen molar-refractivity contribution in [3.8, 4) is 0 Å². The van der Waals surface area contributed by atoms with Gasteiger partial charge in [-0.2, -0.15) is 0 Å². The first-order chi connectivity index (χ1) is 12.7. The lowest BCUT2D eigenvalue weighted by Crippen LogP contribution is -2.36. The molecule has 4 heterocycles. The molecule has 1 saturated heterocycles. The standard InChI is InChI=1S/C19H19ClFN5/c20-16-10-17(21)19(24-11-16)25-8-1-2-15(13-25)18-23-7-9-26(18)12-14-3-5-22-6-4-14/h3-7,9-11,15H,1-2,8,12-13H2/t15-/m1/s1. The number of nitrogens with zero attached hydrogens (tertiary/aromatic N) is 5. The van der Waals surface area contributed by atoms with Crippen molar-refractivity contribution >= 4 is 17.4 Å². The van der Waals surface area contributed by atoms with E-state index in [1.54, 1.807) is 12.4 Å². The van der Waals surface area contributed by atoms with Gasteiger partial charge in [0.1, 0.15) is 5.82 Å². The minimum Gasteiger partial charge on any atom is -0.353 e. The normalized spacial score (nSPS) is 17.5. The SMILES string of the molecule is Fc1cc(Cl)cnc1N1CCC[C@@H](c2nccn2Cc2ccncc2)C1. The summed E-state index contributed by atoms with van der Waals surface area (Å²) in [7, 11) is 0. The second-order valence-electron chi connectivity index (χ2n) is 6.51. The summed E-state index contributed by atoms with van der Waals surface area (Å²) >= 11 is 5.82. The highest BCUT2D eigenvalue weighted by Crippen LogP contribution is 2.30. The Labute approximate surface area is 156 Å². The monoisotopic (exact) mass is 371 g/mol. The van der Waals surface area contributed by atoms with Crippen LogP contribution in [-0.4, -0.2) is 32.6 Å². The average Bonchev–Trinajstić information content (AvgIpc) is 3.11. The molecule has 26 heavy (non-hydrogen) atoms. The molecule has 1 aliphatic heterocycles. The van der Waals surface area contributed by atoms with Gasteiger partial charge in [0.25, 0.3) is 0 Å². The van der Waals surface area contributed by atoms with E-state index in [2.05, 4.69) is 19.5 Å². The lowest BCUT2D eigenvalue weighted by atomic mass is 9.97. The number of piperidine rings is 1. The first-order valence-corrected chi connectivity index (χ1v) is 9.04. The predicted molar refractivity (Wildman–Crippen MR) is 99.0 cm³/mol. The number of hydrogen-bond donors (Lipinski definition) is 0. The van der Waals surface area contributed by atoms with Crippen LogP contribution < -0.4 is 4.90 Å². The fourth-order valence-electron chi connectivity index (χ4n) is 3.52. The lowest BCUT2D eigenvalue weighted by molar-refractivity contribution is 0.467. The predicted octanol–water partition coefficient (Wildman–Crippen LogP) is 3.90. The highest BCUT2D eigenvalue weighted by Gasteiger charge is 2.27. The fourth-order valence-corrected chi connectivity index (χ4v) is 3.66. The van der Waals surface area contributed by atoms with Crippen LogP contribution in [0.3, 0.4) is 0 Å². The first kappa shape index (κ1) is 17.0. The molecule has 0 aromatic carbocycles. The third kappa shape index (κ3) is 3.55. The quantitative estimate of drug-likeness (QED) is 0.697. The Morgan fingerprint density at radius 1 is 1.19 bits per heavy atom. The zero-order valence-electron chi connectivity index (χ0n) is 14.2. The number of halogens is 2. The molecule has 0 spiro atoms. The first-order valence-electron chi connectivity index (χ1n) is 8.66. The zero-order valence-corrected chi connectivity index (χ0v) is 15.0. The summed E-state index contributed by atoms with van der Waals surface area (Å²) in [5.74, 6) is 1.25. The van der Waals surface area contributed by atoms with Crippen molar-refractivity contribution in [2.75, 3.05) is 18.0 Å². The molecule has 7 heteroatoms. The van der Waals surface area contributed by atoms with Crippen LogP contribution in [-0.2, 0) is 6.54 Å². The molecule has 0 N–H and O–H groups in total. The Hall–Kier alpha value is -2.47. The van der Waals surface area contributed by atoms with Gasteiger partial charge in [0.2, 0.25) is 0 Å². The van der Waals surface area contributed by atoms with E-state index in [0.717, 1.165) is 31.8 Å². The van der Waals surface area contributed by atoms with Crippen molar-refractivity contribution in [3.05, 3.63) is 71.4 Å². The van der Waals surface area contributed by atoms with Gasteiger partial charge in [-0.05, 0) is 36.6 Å². The van der Waals surface area contributed by atoms with Crippen LogP contribution in [0.2, 0.25) is 5.02 Å². The lowest BCUT2D eigenvalue weighted by Gasteiger charge is -2.33. The van der Waals surface area contributed by atoms with Crippen LogP contribution in [0.25, 0.3) is 0 Å². The second kappa shape index (κ2) is 7.41. The Kier molecular flexibility index (Phi) is 4.84. The number of anilines is 1. The van der Waals surface area contributed by atoms with Gasteiger partial charge < -0.3 is 9.47 Å². The highest BCUT2D eigenvalue weighted by atomic mass is 35.5. The van der Waals surface area contributed by atoms with E-state index in [4.69, 9.17) is 11.6 Å². The molecule has 3 aromatic heterocycles. The van der Waals surface area contributed by atoms with Crippen LogP contribution in [0.4, 0.5) is 10.2 Å². The van der Waals surface area contributed by atoms with Crippen molar-refractivity contribution in [3.63, 3.8) is 0 Å². The minimum absolute atomic E-state index is 0.234. The van der Waals surface area contributed by atoms with Gasteiger partial charge in [0.05, 0.1) is 5.02 Å². The van der Waals surface area contributed by atoms with Gasteiger partial charge in [-0.25, -0.2) is 14.4 Å². The highest BCUT2D eigenvalue weighted by molar-refractivity contribution is 6.30. The van der Waals surface area contributed by atoms with Crippen LogP contribution in [0, 0.1) is 5.82 Å². The van der Waals surface area contributed by atoms with Gasteiger partial charge in [-0.15, -0.1) is 0 Å². The molecule has 0 amide bonds. The molecule has 1 fully saturated rings. The summed E-state index contributed by atoms with van der Waals surface area (Å²) in [5, 5.41) is 0.313. The van der Waals surface area contributed by atoms with Crippen LogP contribution in [0.5, 0.6) is 0 Å². The summed E-state index contributed by atoms with van der Waals surface area (Å²) in [4.78, 5) is 14.8. The van der Waals surface area contributed by atoms with Crippen LogP contribution in [0.15, 0.2) is 49.2 Å². The molecule has 0 saturated carbocycles. The van der Waals surface area contributed by atoms with Gasteiger partial charge in [0, 0.05) is 56.5 Å². The van der Waals surface area contributed by atoms with E-state index < -0.39 is 0 Å². The third-order valence-corrected chi connectivity index (χ3v) is 4.93. The number of aromatic nitrogens is 4. The summed E-state index contributed by atoms with van der Waals surface area (Å²) < 4.78 is 16.4. The average molecular weight is 372 g/mol. The Morgan fingerprint density at radius 2 is 2.04 bits per heavy atom. The van der Waals surface area contributed by atoms with Crippen molar-refractivity contribution in [2.45, 2.75) is 25.3 Å². The number of pyridine rings is 2. The van der Waals surface area contributed by atoms with E-state index in [0.29, 0.717) is 17.4 Å². The van der Waals surface area contributed by atoms with Gasteiger partial charge in [0.15, 0.2) is 11.6 Å². The number of imidazole rings is 1. The molecular weight excluding hydrogens is 353 g/mol. The maximum atomic E-state index is 14.3. The smallest absolute Gasteiger partial charge is 0.167 e. The van der Waals surface area contributed by atoms with Crippen LogP contribution in [0.1, 0.15) is 30.1 Å². The van der Waals surface area contributed by atoms with Crippen molar-refractivity contribution in [1.29, 1.82) is 0 Å². The Bertz CT molecular complexity index is 883. The second-order valence-corrected chi connectivity index (χ2v) is 6.95. The van der Waals surface area contributed by atoms with E-state index in [9.17, 15) is 4.39 Å². The molecule has 5 nitrogen and oxygen atoms in total. The molecule has 134 valence electrons. The molecule has 0 bridgehead atoms. The number of hydrogen-bond acceptors (Lipinski definition) is 4. The molecule has 4 rings (SSSR count). The summed E-state index contributed by atoms with van der Waals surface area (Å²) in [6.45, 7) is 2.23. The van der Waals surface area contributed by atoms with Gasteiger partial charge in [-0.3, -0.25) is 4.98 Å². The van der Waals surface area contributed by atoms with Crippen LogP contribution >= 0.6 is 11.6 Å². The minimum atomic E-state index is -0.377. The largest absolute Gasteiger partial charge is 0.353 e. The third-order valence-electron chi connectivity index (χ3n) is 4.72. The van der Waals surface area contributed by atoms with E-state index in [-0.39, 0.29) is 11.7 Å². The molecule has 1 aliphatic rings. The maximum Gasteiger partial charge on any atom is 0.167 e. The molecule has 0 radical (unpaired) electrons.